The fourth-order valence-electron chi connectivity index (χ4n) is 3.45. The molecule has 1 aliphatic rings. The van der Waals surface area contributed by atoms with E-state index in [0.717, 1.165) is 31.5 Å². The van der Waals surface area contributed by atoms with Gasteiger partial charge in [0.2, 0.25) is 0 Å². The lowest BCUT2D eigenvalue weighted by Gasteiger charge is -2.25. The Morgan fingerprint density at radius 3 is 2.84 bits per heavy atom. The van der Waals surface area contributed by atoms with E-state index < -0.39 is 5.97 Å². The molecular weight excluding hydrogens is 316 g/mol. The van der Waals surface area contributed by atoms with Gasteiger partial charge in [-0.15, -0.1) is 0 Å². The third-order valence-corrected chi connectivity index (χ3v) is 4.71. The van der Waals surface area contributed by atoms with Crippen molar-refractivity contribution in [2.45, 2.75) is 38.3 Å². The molecule has 5 heteroatoms. The smallest absolute Gasteiger partial charge is 0.341 e. The van der Waals surface area contributed by atoms with Crippen molar-refractivity contribution < 1.29 is 14.6 Å². The molecule has 1 aromatic heterocycles. The molecule has 0 saturated carbocycles. The first-order valence-corrected chi connectivity index (χ1v) is 8.78. The zero-order valence-corrected chi connectivity index (χ0v) is 14.3. The van der Waals surface area contributed by atoms with Gasteiger partial charge in [0.1, 0.15) is 5.75 Å². The topological polar surface area (TPSA) is 62.7 Å². The molecule has 1 N–H and O–H groups in total. The Bertz CT molecular complexity index is 690. The van der Waals surface area contributed by atoms with E-state index in [1.807, 2.05) is 36.7 Å². The number of nitrogens with zero attached hydrogens (tertiary/aromatic N) is 2. The predicted octanol–water partition coefficient (Wildman–Crippen LogP) is 3.14. The average molecular weight is 340 g/mol. The number of para-hydroxylation sites is 1. The van der Waals surface area contributed by atoms with Crippen LogP contribution in [0, 0.1) is 0 Å². The van der Waals surface area contributed by atoms with E-state index in [0.29, 0.717) is 11.8 Å². The van der Waals surface area contributed by atoms with Crippen molar-refractivity contribution in [3.05, 3.63) is 59.9 Å². The molecule has 3 rings (SSSR count). The van der Waals surface area contributed by atoms with Gasteiger partial charge in [-0.1, -0.05) is 18.2 Å². The van der Waals surface area contributed by atoms with E-state index in [1.165, 1.54) is 18.4 Å². The van der Waals surface area contributed by atoms with Crippen LogP contribution in [-0.2, 0) is 17.8 Å². The van der Waals surface area contributed by atoms with Crippen molar-refractivity contribution in [2.75, 3.05) is 13.2 Å². The van der Waals surface area contributed by atoms with Crippen molar-refractivity contribution in [2.24, 2.45) is 0 Å². The minimum Gasteiger partial charge on any atom is -0.482 e. The summed E-state index contributed by atoms with van der Waals surface area (Å²) in [7, 11) is 0. The molecule has 1 unspecified atom stereocenters. The summed E-state index contributed by atoms with van der Waals surface area (Å²) in [4.78, 5) is 17.3. The van der Waals surface area contributed by atoms with Crippen LogP contribution in [-0.4, -0.2) is 40.2 Å². The molecule has 1 aliphatic heterocycles. The molecular formula is C20H24N2O3. The third-order valence-electron chi connectivity index (χ3n) is 4.71. The highest BCUT2D eigenvalue weighted by molar-refractivity contribution is 5.68. The molecule has 1 aromatic carbocycles. The highest BCUT2D eigenvalue weighted by atomic mass is 16.5. The first-order valence-electron chi connectivity index (χ1n) is 8.78. The second-order valence-corrected chi connectivity index (χ2v) is 6.45. The molecule has 2 heterocycles. The van der Waals surface area contributed by atoms with Crippen LogP contribution in [0.5, 0.6) is 5.75 Å². The summed E-state index contributed by atoms with van der Waals surface area (Å²) in [5.41, 5.74) is 2.38. The van der Waals surface area contributed by atoms with E-state index in [2.05, 4.69) is 22.0 Å². The number of aryl methyl sites for hydroxylation is 1. The third kappa shape index (κ3) is 5.03. The zero-order valence-electron chi connectivity index (χ0n) is 14.3. The largest absolute Gasteiger partial charge is 0.482 e. The molecule has 1 atom stereocenters. The molecule has 25 heavy (non-hydrogen) atoms. The lowest BCUT2D eigenvalue weighted by Crippen LogP contribution is -2.29. The number of hydrogen-bond donors (Lipinski definition) is 1. The molecule has 0 aliphatic carbocycles. The summed E-state index contributed by atoms with van der Waals surface area (Å²) in [6, 6.07) is 12.4. The summed E-state index contributed by atoms with van der Waals surface area (Å²) in [6.45, 7) is 1.58. The molecule has 1 fully saturated rings. The van der Waals surface area contributed by atoms with Crippen LogP contribution in [0.4, 0.5) is 0 Å². The Hall–Kier alpha value is -2.40. The van der Waals surface area contributed by atoms with Crippen molar-refractivity contribution in [3.63, 3.8) is 0 Å². The van der Waals surface area contributed by atoms with Gasteiger partial charge in [0, 0.05) is 30.5 Å². The number of rotatable bonds is 8. The maximum absolute atomic E-state index is 10.8. The molecule has 0 spiro atoms. The van der Waals surface area contributed by atoms with Crippen LogP contribution in [0.25, 0.3) is 0 Å². The van der Waals surface area contributed by atoms with Gasteiger partial charge in [0.25, 0.3) is 0 Å². The molecule has 0 bridgehead atoms. The van der Waals surface area contributed by atoms with Gasteiger partial charge >= 0.3 is 5.97 Å². The predicted molar refractivity (Wildman–Crippen MR) is 95.6 cm³/mol. The number of carboxylic acids is 1. The number of carboxylic acid groups (broad SMARTS) is 1. The van der Waals surface area contributed by atoms with Crippen LogP contribution in [0.1, 0.15) is 30.4 Å². The van der Waals surface area contributed by atoms with E-state index in [4.69, 9.17) is 9.84 Å². The number of aromatic nitrogens is 1. The number of pyridine rings is 1. The van der Waals surface area contributed by atoms with Gasteiger partial charge in [-0.2, -0.15) is 0 Å². The van der Waals surface area contributed by atoms with Crippen molar-refractivity contribution in [3.8, 4) is 5.75 Å². The van der Waals surface area contributed by atoms with Crippen LogP contribution < -0.4 is 4.74 Å². The van der Waals surface area contributed by atoms with E-state index in [-0.39, 0.29) is 6.61 Å². The first-order chi connectivity index (χ1) is 12.2. The Kier molecular flexibility index (Phi) is 6.01. The van der Waals surface area contributed by atoms with Crippen LogP contribution >= 0.6 is 0 Å². The molecule has 0 amide bonds. The fraction of sp³-hybridized carbons (Fsp3) is 0.400. The maximum atomic E-state index is 10.8. The molecule has 2 aromatic rings. The zero-order chi connectivity index (χ0) is 17.5. The number of hydrogen-bond acceptors (Lipinski definition) is 4. The number of aliphatic carboxylic acids is 1. The maximum Gasteiger partial charge on any atom is 0.341 e. The minimum absolute atomic E-state index is 0.303. The number of carbonyl (C=O) groups is 1. The Morgan fingerprint density at radius 2 is 2.04 bits per heavy atom. The highest BCUT2D eigenvalue weighted by Crippen LogP contribution is 2.27. The second kappa shape index (κ2) is 8.62. The number of likely N-dealkylation sites (tertiary alicyclic amines) is 1. The Morgan fingerprint density at radius 1 is 1.24 bits per heavy atom. The summed E-state index contributed by atoms with van der Waals surface area (Å²) < 4.78 is 5.44. The average Bonchev–Trinajstić information content (AvgIpc) is 3.07. The molecule has 5 nitrogen and oxygen atoms in total. The van der Waals surface area contributed by atoms with Crippen LogP contribution in [0.2, 0.25) is 0 Å². The summed E-state index contributed by atoms with van der Waals surface area (Å²) in [5, 5.41) is 8.83. The van der Waals surface area contributed by atoms with Gasteiger partial charge < -0.3 is 9.84 Å². The number of ether oxygens (including phenoxy) is 1. The van der Waals surface area contributed by atoms with Crippen LogP contribution in [0.3, 0.4) is 0 Å². The van der Waals surface area contributed by atoms with Gasteiger partial charge in [0.05, 0.1) is 0 Å². The van der Waals surface area contributed by atoms with Gasteiger partial charge in [0.15, 0.2) is 6.61 Å². The Balaban J connectivity index is 1.60. The first kappa shape index (κ1) is 17.4. The molecule has 1 saturated heterocycles. The minimum atomic E-state index is -0.953. The number of benzene rings is 1. The monoisotopic (exact) mass is 340 g/mol. The van der Waals surface area contributed by atoms with E-state index in [1.54, 1.807) is 0 Å². The van der Waals surface area contributed by atoms with Crippen molar-refractivity contribution in [1.29, 1.82) is 0 Å². The summed E-state index contributed by atoms with van der Waals surface area (Å²) >= 11 is 0. The second-order valence-electron chi connectivity index (χ2n) is 6.45. The molecule has 132 valence electrons. The normalized spacial score (nSPS) is 17.5. The van der Waals surface area contributed by atoms with Gasteiger partial charge in [-0.05, 0) is 56.0 Å². The lowest BCUT2D eigenvalue weighted by atomic mass is 10.0. The highest BCUT2D eigenvalue weighted by Gasteiger charge is 2.25. The van der Waals surface area contributed by atoms with E-state index >= 15 is 0 Å². The standard InChI is InChI=1S/C20H24N2O3/c23-20(24)15-25-19-6-2-1-4-17(19)14-22-13-3-5-18(22)8-7-16-9-11-21-12-10-16/h1-2,4,6,9-12,18H,3,5,7-8,13-15H2,(H,23,24). The van der Waals surface area contributed by atoms with Gasteiger partial charge in [-0.3, -0.25) is 9.88 Å². The Labute approximate surface area is 148 Å². The quantitative estimate of drug-likeness (QED) is 0.800. The molecule has 0 radical (unpaired) electrons. The SMILES string of the molecule is O=C(O)COc1ccccc1CN1CCCC1CCc1ccncc1. The van der Waals surface area contributed by atoms with Crippen molar-refractivity contribution >= 4 is 5.97 Å². The van der Waals surface area contributed by atoms with Gasteiger partial charge in [-0.25, -0.2) is 4.79 Å². The van der Waals surface area contributed by atoms with Crippen LogP contribution in [0.15, 0.2) is 48.8 Å². The van der Waals surface area contributed by atoms with Crippen molar-refractivity contribution in [1.82, 2.24) is 9.88 Å². The fourth-order valence-corrected chi connectivity index (χ4v) is 3.45. The van der Waals surface area contributed by atoms with E-state index in [9.17, 15) is 4.79 Å². The summed E-state index contributed by atoms with van der Waals surface area (Å²) in [5.74, 6) is -0.282. The lowest BCUT2D eigenvalue weighted by molar-refractivity contribution is -0.139. The summed E-state index contributed by atoms with van der Waals surface area (Å²) in [6.07, 6.45) is 8.29.